The minimum atomic E-state index is -0.504. The second-order valence-corrected chi connectivity index (χ2v) is 2.76. The van der Waals surface area contributed by atoms with Crippen molar-refractivity contribution in [3.8, 4) is 0 Å². The quantitative estimate of drug-likeness (QED) is 0.462. The van der Waals surface area contributed by atoms with Crippen LogP contribution in [0.1, 0.15) is 16.2 Å². The van der Waals surface area contributed by atoms with E-state index in [1.165, 1.54) is 12.1 Å². The van der Waals surface area contributed by atoms with Crippen LogP contribution in [0.4, 0.5) is 0 Å². The number of esters is 1. The Hall–Kier alpha value is -1.10. The first-order chi connectivity index (χ1) is 6.27. The molecule has 0 fully saturated rings. The van der Waals surface area contributed by atoms with Gasteiger partial charge in [0.2, 0.25) is 0 Å². The molecule has 0 aliphatic heterocycles. The average Bonchev–Trinajstić information content (AvgIpc) is 2.62. The van der Waals surface area contributed by atoms with Gasteiger partial charge in [-0.1, -0.05) is 33.7 Å². The standard InChI is InChI=1S/C8H8BrNO3/c1-2-3-12-8(11)7-4-6(5-9)13-10-7/h2,4H,1,3,5H2. The minimum Gasteiger partial charge on any atom is -0.457 e. The van der Waals surface area contributed by atoms with Gasteiger partial charge in [-0.2, -0.15) is 0 Å². The molecule has 0 radical (unpaired) electrons. The fraction of sp³-hybridized carbons (Fsp3) is 0.250. The van der Waals surface area contributed by atoms with Crippen molar-refractivity contribution in [1.82, 2.24) is 5.16 Å². The van der Waals surface area contributed by atoms with Crippen LogP contribution in [0.15, 0.2) is 23.2 Å². The normalized spacial score (nSPS) is 9.62. The van der Waals surface area contributed by atoms with Crippen LogP contribution >= 0.6 is 15.9 Å². The van der Waals surface area contributed by atoms with E-state index in [2.05, 4.69) is 27.7 Å². The van der Waals surface area contributed by atoms with E-state index >= 15 is 0 Å². The van der Waals surface area contributed by atoms with Gasteiger partial charge in [-0.25, -0.2) is 4.79 Å². The summed E-state index contributed by atoms with van der Waals surface area (Å²) in [5.41, 5.74) is 0.177. The Morgan fingerprint density at radius 1 is 1.85 bits per heavy atom. The van der Waals surface area contributed by atoms with Crippen molar-refractivity contribution in [3.05, 3.63) is 30.2 Å². The molecular weight excluding hydrogens is 238 g/mol. The van der Waals surface area contributed by atoms with Gasteiger partial charge < -0.3 is 9.26 Å². The topological polar surface area (TPSA) is 52.3 Å². The predicted molar refractivity (Wildman–Crippen MR) is 49.6 cm³/mol. The van der Waals surface area contributed by atoms with Gasteiger partial charge in [0.05, 0.1) is 5.33 Å². The highest BCUT2D eigenvalue weighted by Gasteiger charge is 2.12. The molecule has 1 heterocycles. The lowest BCUT2D eigenvalue weighted by Crippen LogP contribution is -2.04. The van der Waals surface area contributed by atoms with Crippen molar-refractivity contribution in [2.24, 2.45) is 0 Å². The third-order valence-corrected chi connectivity index (χ3v) is 1.78. The zero-order valence-electron chi connectivity index (χ0n) is 6.83. The molecule has 0 spiro atoms. The summed E-state index contributed by atoms with van der Waals surface area (Å²) in [4.78, 5) is 11.1. The van der Waals surface area contributed by atoms with Crippen molar-refractivity contribution < 1.29 is 14.1 Å². The van der Waals surface area contributed by atoms with Crippen molar-refractivity contribution in [1.29, 1.82) is 0 Å². The van der Waals surface area contributed by atoms with E-state index in [-0.39, 0.29) is 12.3 Å². The molecule has 70 valence electrons. The van der Waals surface area contributed by atoms with Crippen LogP contribution in [0, 0.1) is 0 Å². The third kappa shape index (κ3) is 2.69. The number of halogens is 1. The zero-order valence-corrected chi connectivity index (χ0v) is 8.41. The molecule has 0 aliphatic rings. The molecule has 0 amide bonds. The van der Waals surface area contributed by atoms with Crippen LogP contribution < -0.4 is 0 Å². The number of alkyl halides is 1. The molecular formula is C8H8BrNO3. The van der Waals surface area contributed by atoms with E-state index in [0.717, 1.165) is 0 Å². The van der Waals surface area contributed by atoms with Gasteiger partial charge in [-0.15, -0.1) is 0 Å². The van der Waals surface area contributed by atoms with Crippen LogP contribution in [0.25, 0.3) is 0 Å². The Morgan fingerprint density at radius 3 is 3.15 bits per heavy atom. The number of carbonyl (C=O) groups excluding carboxylic acids is 1. The number of hydrogen-bond donors (Lipinski definition) is 0. The second-order valence-electron chi connectivity index (χ2n) is 2.20. The lowest BCUT2D eigenvalue weighted by Gasteiger charge is -1.95. The van der Waals surface area contributed by atoms with Gasteiger partial charge in [0.15, 0.2) is 5.69 Å². The number of hydrogen-bond acceptors (Lipinski definition) is 4. The van der Waals surface area contributed by atoms with E-state index in [4.69, 9.17) is 9.26 Å². The fourth-order valence-corrected chi connectivity index (χ4v) is 0.945. The van der Waals surface area contributed by atoms with Crippen molar-refractivity contribution in [2.75, 3.05) is 6.61 Å². The molecule has 1 aromatic rings. The van der Waals surface area contributed by atoms with Crippen molar-refractivity contribution >= 4 is 21.9 Å². The summed E-state index contributed by atoms with van der Waals surface area (Å²) in [6, 6.07) is 1.53. The van der Waals surface area contributed by atoms with E-state index in [1.807, 2.05) is 0 Å². The Morgan fingerprint density at radius 2 is 2.62 bits per heavy atom. The zero-order chi connectivity index (χ0) is 9.68. The van der Waals surface area contributed by atoms with Gasteiger partial charge in [0.1, 0.15) is 12.4 Å². The summed E-state index contributed by atoms with van der Waals surface area (Å²) in [6.07, 6.45) is 1.49. The number of nitrogens with zero attached hydrogens (tertiary/aromatic N) is 1. The van der Waals surface area contributed by atoms with Crippen LogP contribution in [0.3, 0.4) is 0 Å². The summed E-state index contributed by atoms with van der Waals surface area (Å²) in [6.45, 7) is 3.60. The maximum atomic E-state index is 11.1. The molecule has 0 bridgehead atoms. The first-order valence-corrected chi connectivity index (χ1v) is 4.69. The molecule has 4 nitrogen and oxygen atoms in total. The highest BCUT2D eigenvalue weighted by Crippen LogP contribution is 2.08. The molecule has 0 N–H and O–H groups in total. The van der Waals surface area contributed by atoms with E-state index in [9.17, 15) is 4.79 Å². The molecule has 0 saturated carbocycles. The first kappa shape index (κ1) is 9.98. The van der Waals surface area contributed by atoms with Crippen molar-refractivity contribution in [3.63, 3.8) is 0 Å². The number of rotatable bonds is 4. The van der Waals surface area contributed by atoms with Crippen LogP contribution in [-0.2, 0) is 10.1 Å². The predicted octanol–water partition coefficient (Wildman–Crippen LogP) is 1.91. The van der Waals surface area contributed by atoms with Crippen molar-refractivity contribution in [2.45, 2.75) is 5.33 Å². The molecule has 5 heteroatoms. The first-order valence-electron chi connectivity index (χ1n) is 3.57. The molecule has 0 unspecified atom stereocenters. The van der Waals surface area contributed by atoms with Gasteiger partial charge in [0.25, 0.3) is 0 Å². The van der Waals surface area contributed by atoms with Gasteiger partial charge in [0, 0.05) is 6.07 Å². The van der Waals surface area contributed by atoms with Gasteiger partial charge in [-0.05, 0) is 0 Å². The Kier molecular flexibility index (Phi) is 3.70. The van der Waals surface area contributed by atoms with Gasteiger partial charge >= 0.3 is 5.97 Å². The van der Waals surface area contributed by atoms with Gasteiger partial charge in [-0.3, -0.25) is 0 Å². The van der Waals surface area contributed by atoms with E-state index < -0.39 is 5.97 Å². The Bertz CT molecular complexity index is 308. The van der Waals surface area contributed by atoms with E-state index in [0.29, 0.717) is 11.1 Å². The monoisotopic (exact) mass is 245 g/mol. The van der Waals surface area contributed by atoms with Crippen LogP contribution in [0.2, 0.25) is 0 Å². The smallest absolute Gasteiger partial charge is 0.360 e. The highest BCUT2D eigenvalue weighted by molar-refractivity contribution is 9.08. The number of aromatic nitrogens is 1. The maximum Gasteiger partial charge on any atom is 0.360 e. The summed E-state index contributed by atoms with van der Waals surface area (Å²) >= 11 is 3.17. The summed E-state index contributed by atoms with van der Waals surface area (Å²) in [5.74, 6) is 0.0846. The average molecular weight is 246 g/mol. The van der Waals surface area contributed by atoms with E-state index in [1.54, 1.807) is 0 Å². The second kappa shape index (κ2) is 4.81. The SMILES string of the molecule is C=CCOC(=O)c1cc(CBr)on1. The molecule has 0 aromatic carbocycles. The number of carbonyl (C=O) groups is 1. The molecule has 0 saturated heterocycles. The molecule has 13 heavy (non-hydrogen) atoms. The third-order valence-electron chi connectivity index (χ3n) is 1.23. The fourth-order valence-electron chi connectivity index (χ4n) is 0.681. The Labute approximate surface area is 83.7 Å². The summed E-state index contributed by atoms with van der Waals surface area (Å²) < 4.78 is 9.53. The molecule has 0 aliphatic carbocycles. The highest BCUT2D eigenvalue weighted by atomic mass is 79.9. The van der Waals surface area contributed by atoms with Crippen LogP contribution in [0.5, 0.6) is 0 Å². The Balaban J connectivity index is 2.60. The summed E-state index contributed by atoms with van der Waals surface area (Å²) in [5, 5.41) is 4.05. The number of ether oxygens (including phenoxy) is 1. The lowest BCUT2D eigenvalue weighted by molar-refractivity contribution is 0.0538. The molecule has 1 aromatic heterocycles. The van der Waals surface area contributed by atoms with Crippen LogP contribution in [-0.4, -0.2) is 17.7 Å². The maximum absolute atomic E-state index is 11.1. The minimum absolute atomic E-state index is 0.176. The molecule has 0 atom stereocenters. The summed E-state index contributed by atoms with van der Waals surface area (Å²) in [7, 11) is 0. The largest absolute Gasteiger partial charge is 0.457 e. The lowest BCUT2D eigenvalue weighted by atomic mass is 10.4. The molecule has 1 rings (SSSR count).